The summed E-state index contributed by atoms with van der Waals surface area (Å²) in [5.41, 5.74) is 10.9. The molecule has 0 saturated heterocycles. The van der Waals surface area contributed by atoms with Crippen molar-refractivity contribution in [1.82, 2.24) is 9.38 Å². The maximum atomic E-state index is 5.08. The van der Waals surface area contributed by atoms with Crippen LogP contribution < -0.4 is 4.57 Å². The summed E-state index contributed by atoms with van der Waals surface area (Å²) in [6.45, 7) is 2.25. The van der Waals surface area contributed by atoms with Gasteiger partial charge >= 0.3 is 0 Å². The lowest BCUT2D eigenvalue weighted by atomic mass is 9.78. The Morgan fingerprint density at radius 2 is 1.57 bits per heavy atom. The Hall–Kier alpha value is -2.94. The van der Waals surface area contributed by atoms with Gasteiger partial charge in [0.05, 0.1) is 18.0 Å². The molecule has 5 aromatic rings. The second-order valence-electron chi connectivity index (χ2n) is 11.2. The third-order valence-electron chi connectivity index (χ3n) is 9.16. The summed E-state index contributed by atoms with van der Waals surface area (Å²) >= 11 is 0. The third kappa shape index (κ3) is 3.23. The molecule has 35 heavy (non-hydrogen) atoms. The highest BCUT2D eigenvalue weighted by Gasteiger charge is 2.30. The molecule has 0 unspecified atom stereocenters. The number of rotatable bonds is 2. The molecule has 0 aliphatic heterocycles. The highest BCUT2D eigenvalue weighted by atomic mass is 15.1. The zero-order chi connectivity index (χ0) is 23.5. The second kappa shape index (κ2) is 8.33. The molecule has 2 aliphatic rings. The average molecular weight is 463 g/mol. The fourth-order valence-corrected chi connectivity index (χ4v) is 7.37. The molecule has 0 N–H and O–H groups in total. The van der Waals surface area contributed by atoms with Crippen LogP contribution in [0.25, 0.3) is 38.5 Å². The number of aryl methyl sites for hydroxylation is 2. The maximum absolute atomic E-state index is 5.08. The number of hydrogen-bond acceptors (Lipinski definition) is 1. The van der Waals surface area contributed by atoms with Gasteiger partial charge in [0.15, 0.2) is 11.0 Å². The Morgan fingerprint density at radius 1 is 0.857 bits per heavy atom. The third-order valence-corrected chi connectivity index (χ3v) is 9.16. The molecule has 3 heteroatoms. The molecule has 0 atom stereocenters. The number of benzene rings is 2. The molecule has 0 radical (unpaired) electrons. The standard InChI is InChI=1S/C32H36N3/c1-21-17-18-33-30-26-20-24(22-11-5-3-6-12-22)19-25(23-13-7-4-8-14-23)31(26)35-28-16-10-9-15-27(28)34(2)32(35)29(21)30/h9-10,15-20,22-23H,3-8,11-14H2,1-2H3/q+1. The summed E-state index contributed by atoms with van der Waals surface area (Å²) in [7, 11) is 2.23. The van der Waals surface area contributed by atoms with Gasteiger partial charge in [0, 0.05) is 17.1 Å². The van der Waals surface area contributed by atoms with Gasteiger partial charge in [0.1, 0.15) is 5.52 Å². The zero-order valence-corrected chi connectivity index (χ0v) is 21.2. The first-order valence-corrected chi connectivity index (χ1v) is 13.9. The van der Waals surface area contributed by atoms with E-state index in [0.29, 0.717) is 11.8 Å². The summed E-state index contributed by atoms with van der Waals surface area (Å²) in [6.07, 6.45) is 15.6. The largest absolute Gasteiger partial charge is 0.297 e. The summed E-state index contributed by atoms with van der Waals surface area (Å²) < 4.78 is 4.99. The Bertz CT molecular complexity index is 1580. The van der Waals surface area contributed by atoms with E-state index in [1.54, 1.807) is 11.1 Å². The van der Waals surface area contributed by atoms with E-state index in [-0.39, 0.29) is 0 Å². The van der Waals surface area contributed by atoms with Crippen LogP contribution in [0, 0.1) is 6.92 Å². The predicted octanol–water partition coefficient (Wildman–Crippen LogP) is 8.02. The lowest BCUT2D eigenvalue weighted by Crippen LogP contribution is -2.27. The van der Waals surface area contributed by atoms with Crippen LogP contribution in [0.3, 0.4) is 0 Å². The molecule has 3 nitrogen and oxygen atoms in total. The fraction of sp³-hybridized carbons (Fsp3) is 0.438. The van der Waals surface area contributed by atoms with Gasteiger partial charge in [-0.2, -0.15) is 4.40 Å². The molecule has 0 amide bonds. The molecule has 3 aromatic heterocycles. The Labute approximate surface area is 207 Å². The first-order chi connectivity index (χ1) is 17.2. The topological polar surface area (TPSA) is 21.2 Å². The number of pyridine rings is 2. The van der Waals surface area contributed by atoms with Gasteiger partial charge in [-0.25, -0.2) is 4.57 Å². The normalized spacial score (nSPS) is 18.3. The van der Waals surface area contributed by atoms with E-state index in [9.17, 15) is 0 Å². The van der Waals surface area contributed by atoms with Crippen LogP contribution in [-0.4, -0.2) is 9.38 Å². The molecule has 2 aliphatic carbocycles. The van der Waals surface area contributed by atoms with Crippen molar-refractivity contribution in [3.05, 3.63) is 65.4 Å². The van der Waals surface area contributed by atoms with E-state index < -0.39 is 0 Å². The number of imidazole rings is 1. The zero-order valence-electron chi connectivity index (χ0n) is 21.2. The molecule has 2 fully saturated rings. The predicted molar refractivity (Wildman–Crippen MR) is 145 cm³/mol. The van der Waals surface area contributed by atoms with Crippen molar-refractivity contribution in [3.8, 4) is 0 Å². The SMILES string of the molecule is Cc1ccnc2c3cc(C4CCCCC4)cc(C4CCCCC4)c3n3c4ccccc4[n+](C)c3c12. The minimum Gasteiger partial charge on any atom is -0.255 e. The quantitative estimate of drug-likeness (QED) is 0.192. The number of para-hydroxylation sites is 2. The van der Waals surface area contributed by atoms with Crippen LogP contribution in [0.1, 0.15) is 92.7 Å². The Kier molecular flexibility index (Phi) is 5.08. The minimum absolute atomic E-state index is 0.645. The van der Waals surface area contributed by atoms with Crippen molar-refractivity contribution in [2.45, 2.75) is 83.0 Å². The second-order valence-corrected chi connectivity index (χ2v) is 11.2. The smallest absolute Gasteiger partial charge is 0.255 e. The summed E-state index contributed by atoms with van der Waals surface area (Å²) in [6, 6.07) is 16.3. The molecule has 2 aromatic carbocycles. The fourth-order valence-electron chi connectivity index (χ4n) is 7.37. The van der Waals surface area contributed by atoms with Crippen molar-refractivity contribution >= 4 is 38.5 Å². The first-order valence-electron chi connectivity index (χ1n) is 13.9. The highest BCUT2D eigenvalue weighted by molar-refractivity contribution is 6.12. The van der Waals surface area contributed by atoms with Gasteiger partial charge in [-0.15, -0.1) is 0 Å². The van der Waals surface area contributed by atoms with Crippen molar-refractivity contribution < 1.29 is 4.57 Å². The van der Waals surface area contributed by atoms with Crippen molar-refractivity contribution in [2.24, 2.45) is 7.05 Å². The van der Waals surface area contributed by atoms with Gasteiger partial charge in [-0.3, -0.25) is 4.98 Å². The molecule has 2 saturated carbocycles. The monoisotopic (exact) mass is 462 g/mol. The summed E-state index contributed by atoms with van der Waals surface area (Å²) in [4.78, 5) is 5.08. The molecule has 3 heterocycles. The van der Waals surface area contributed by atoms with Crippen molar-refractivity contribution in [3.63, 3.8) is 0 Å². The van der Waals surface area contributed by atoms with Gasteiger partial charge in [-0.1, -0.05) is 56.7 Å². The van der Waals surface area contributed by atoms with Crippen LogP contribution in [0.15, 0.2) is 48.7 Å². The van der Waals surface area contributed by atoms with E-state index in [2.05, 4.69) is 65.4 Å². The molecule has 178 valence electrons. The number of fused-ring (bicyclic) bond motifs is 8. The molecular weight excluding hydrogens is 426 g/mol. The van der Waals surface area contributed by atoms with Gasteiger partial charge in [-0.05, 0) is 79.8 Å². The molecule has 0 spiro atoms. The van der Waals surface area contributed by atoms with Crippen molar-refractivity contribution in [1.29, 1.82) is 0 Å². The van der Waals surface area contributed by atoms with E-state index in [0.717, 1.165) is 0 Å². The number of aromatic nitrogens is 3. The highest BCUT2D eigenvalue weighted by Crippen LogP contribution is 2.43. The minimum atomic E-state index is 0.645. The summed E-state index contributed by atoms with van der Waals surface area (Å²) in [5.74, 6) is 1.34. The van der Waals surface area contributed by atoms with E-state index in [4.69, 9.17) is 4.98 Å². The lowest BCUT2D eigenvalue weighted by Gasteiger charge is -2.27. The number of nitrogens with zero attached hydrogens (tertiary/aromatic N) is 3. The van der Waals surface area contributed by atoms with E-state index >= 15 is 0 Å². The van der Waals surface area contributed by atoms with E-state index in [1.807, 2.05) is 6.20 Å². The van der Waals surface area contributed by atoms with Crippen LogP contribution in [0.2, 0.25) is 0 Å². The average Bonchev–Trinajstić information content (AvgIpc) is 3.21. The van der Waals surface area contributed by atoms with Crippen LogP contribution in [0.5, 0.6) is 0 Å². The Balaban J connectivity index is 1.69. The summed E-state index contributed by atoms with van der Waals surface area (Å²) in [5, 5.41) is 2.66. The van der Waals surface area contributed by atoms with Crippen LogP contribution in [-0.2, 0) is 7.05 Å². The maximum Gasteiger partial charge on any atom is 0.297 e. The van der Waals surface area contributed by atoms with E-state index in [1.165, 1.54) is 108 Å². The number of hydrogen-bond donors (Lipinski definition) is 0. The van der Waals surface area contributed by atoms with Gasteiger partial charge < -0.3 is 0 Å². The first kappa shape index (κ1) is 21.4. The Morgan fingerprint density at radius 3 is 2.34 bits per heavy atom. The lowest BCUT2D eigenvalue weighted by molar-refractivity contribution is -0.617. The van der Waals surface area contributed by atoms with Gasteiger partial charge in [0.2, 0.25) is 0 Å². The van der Waals surface area contributed by atoms with Gasteiger partial charge in [0.25, 0.3) is 5.65 Å². The molecule has 0 bridgehead atoms. The van der Waals surface area contributed by atoms with Crippen molar-refractivity contribution in [2.75, 3.05) is 0 Å². The van der Waals surface area contributed by atoms with Crippen LogP contribution in [0.4, 0.5) is 0 Å². The van der Waals surface area contributed by atoms with Crippen LogP contribution >= 0.6 is 0 Å². The molecule has 7 rings (SSSR count). The molecular formula is C32H36N3+.